The van der Waals surface area contributed by atoms with Crippen LogP contribution in [0.2, 0.25) is 0 Å². The maximum atomic E-state index is 13.3. The van der Waals surface area contributed by atoms with Gasteiger partial charge in [0.05, 0.1) is 6.54 Å². The van der Waals surface area contributed by atoms with Gasteiger partial charge in [-0.2, -0.15) is 4.68 Å². The monoisotopic (exact) mass is 549 g/mol. The Morgan fingerprint density at radius 1 is 1.10 bits per heavy atom. The van der Waals surface area contributed by atoms with Crippen molar-refractivity contribution in [3.05, 3.63) is 69.7 Å². The van der Waals surface area contributed by atoms with E-state index in [1.165, 1.54) is 15.8 Å². The highest BCUT2D eigenvalue weighted by Gasteiger charge is 2.27. The molecule has 0 unspecified atom stereocenters. The van der Waals surface area contributed by atoms with Crippen molar-refractivity contribution in [3.63, 3.8) is 0 Å². The number of hydrazine groups is 1. The lowest BCUT2D eigenvalue weighted by molar-refractivity contribution is -0.151. The summed E-state index contributed by atoms with van der Waals surface area (Å²) >= 11 is 0. The first-order chi connectivity index (χ1) is 19.2. The maximum absolute atomic E-state index is 13.3. The summed E-state index contributed by atoms with van der Waals surface area (Å²) in [6, 6.07) is 13.9. The van der Waals surface area contributed by atoms with Crippen LogP contribution in [0.3, 0.4) is 0 Å². The van der Waals surface area contributed by atoms with E-state index < -0.39 is 5.76 Å². The van der Waals surface area contributed by atoms with Gasteiger partial charge in [-0.1, -0.05) is 38.1 Å². The number of rotatable bonds is 12. The zero-order valence-corrected chi connectivity index (χ0v) is 23.9. The Labute approximate surface area is 234 Å². The zero-order valence-electron chi connectivity index (χ0n) is 23.9. The van der Waals surface area contributed by atoms with E-state index in [4.69, 9.17) is 4.42 Å². The molecular weight excluding hydrogens is 510 g/mol. The molecule has 1 aromatic heterocycles. The van der Waals surface area contributed by atoms with E-state index in [0.29, 0.717) is 38.3 Å². The quantitative estimate of drug-likeness (QED) is 0.354. The lowest BCUT2D eigenvalue weighted by Gasteiger charge is -2.31. The Balaban J connectivity index is 1.39. The third-order valence-electron chi connectivity index (χ3n) is 7.03. The van der Waals surface area contributed by atoms with Crippen LogP contribution in [-0.4, -0.2) is 75.8 Å². The molecule has 1 aliphatic heterocycles. The summed E-state index contributed by atoms with van der Waals surface area (Å²) in [5.41, 5.74) is 4.74. The third kappa shape index (κ3) is 6.97. The van der Waals surface area contributed by atoms with E-state index in [0.717, 1.165) is 11.3 Å². The molecule has 4 rings (SSSR count). The number of carbonyl (C=O) groups excluding carboxylic acids is 2. The van der Waals surface area contributed by atoms with Crippen LogP contribution >= 0.6 is 0 Å². The van der Waals surface area contributed by atoms with Crippen molar-refractivity contribution in [2.24, 2.45) is 0 Å². The molecule has 0 radical (unpaired) electrons. The van der Waals surface area contributed by atoms with Crippen molar-refractivity contribution in [1.82, 2.24) is 30.0 Å². The van der Waals surface area contributed by atoms with E-state index in [1.807, 2.05) is 57.0 Å². The number of aromatic nitrogens is 2. The molecule has 2 N–H and O–H groups in total. The largest absolute Gasteiger partial charge is 0.437 e. The van der Waals surface area contributed by atoms with Gasteiger partial charge in [-0.3, -0.25) is 14.6 Å². The van der Waals surface area contributed by atoms with Gasteiger partial charge in [0.1, 0.15) is 6.54 Å². The van der Waals surface area contributed by atoms with Crippen LogP contribution in [0.25, 0.3) is 11.5 Å². The first-order valence-corrected chi connectivity index (χ1v) is 13.7. The standard InChI is InChI=1S/C29H39N7O4/c1-6-36-29(39)40-28(32-36)22-11-12-25(21(4)15-22)31-16-26(37)34(14-13-30-20(2)3)19-27(38)33(5)35-17-23-9-7-8-10-24(23)18-35/h7-12,15,20,30-31H,6,13-14,16-19H2,1-5H3. The lowest BCUT2D eigenvalue weighted by Crippen LogP contribution is -2.49. The van der Waals surface area contributed by atoms with E-state index in [2.05, 4.69) is 27.9 Å². The summed E-state index contributed by atoms with van der Waals surface area (Å²) in [5, 5.41) is 14.4. The van der Waals surface area contributed by atoms with E-state index in [1.54, 1.807) is 23.0 Å². The zero-order chi connectivity index (χ0) is 28.8. The number of likely N-dealkylation sites (N-methyl/N-ethyl adjacent to an activating group) is 1. The van der Waals surface area contributed by atoms with Gasteiger partial charge in [0.25, 0.3) is 5.91 Å². The molecule has 2 heterocycles. The Bertz CT molecular complexity index is 1370. The van der Waals surface area contributed by atoms with Crippen molar-refractivity contribution >= 4 is 17.5 Å². The SMILES string of the molecule is CCn1nc(-c2ccc(NCC(=O)N(CCNC(C)C)CC(=O)N(C)N3Cc4ccccc4C3)c(C)c2)oc1=O. The molecule has 3 aromatic rings. The molecule has 2 aromatic carbocycles. The number of nitrogens with zero attached hydrogens (tertiary/aromatic N) is 5. The van der Waals surface area contributed by atoms with E-state index in [9.17, 15) is 14.4 Å². The van der Waals surface area contributed by atoms with Gasteiger partial charge in [-0.15, -0.1) is 5.10 Å². The van der Waals surface area contributed by atoms with Gasteiger partial charge in [0, 0.05) is 57.1 Å². The summed E-state index contributed by atoms with van der Waals surface area (Å²) in [5.74, 6) is -0.554. The Hall–Kier alpha value is -3.96. The average molecular weight is 550 g/mol. The predicted octanol–water partition coefficient (Wildman–Crippen LogP) is 2.46. The Morgan fingerprint density at radius 2 is 1.80 bits per heavy atom. The maximum Gasteiger partial charge on any atom is 0.437 e. The summed E-state index contributed by atoms with van der Waals surface area (Å²) in [6.07, 6.45) is 0. The fraction of sp³-hybridized carbons (Fsp3) is 0.448. The number of benzene rings is 2. The molecule has 11 nitrogen and oxygen atoms in total. The lowest BCUT2D eigenvalue weighted by atomic mass is 10.1. The molecule has 214 valence electrons. The van der Waals surface area contributed by atoms with E-state index in [-0.39, 0.29) is 36.8 Å². The minimum absolute atomic E-state index is 0.0132. The van der Waals surface area contributed by atoms with Crippen molar-refractivity contribution in [2.45, 2.75) is 53.4 Å². The number of amides is 2. The summed E-state index contributed by atoms with van der Waals surface area (Å²) in [6.45, 7) is 10.6. The number of carbonyl (C=O) groups is 2. The molecule has 0 bridgehead atoms. The summed E-state index contributed by atoms with van der Waals surface area (Å²) in [4.78, 5) is 40.0. The second-order valence-electron chi connectivity index (χ2n) is 10.3. The van der Waals surface area contributed by atoms with Gasteiger partial charge in [-0.25, -0.2) is 9.80 Å². The first kappa shape index (κ1) is 29.0. The molecule has 0 fully saturated rings. The van der Waals surface area contributed by atoms with Crippen LogP contribution in [0.4, 0.5) is 5.69 Å². The molecule has 0 aliphatic carbocycles. The first-order valence-electron chi connectivity index (χ1n) is 13.7. The molecule has 0 saturated heterocycles. The molecule has 1 aliphatic rings. The average Bonchev–Trinajstić information content (AvgIpc) is 3.54. The number of hydrogen-bond donors (Lipinski definition) is 2. The van der Waals surface area contributed by atoms with Crippen molar-refractivity contribution in [3.8, 4) is 11.5 Å². The number of anilines is 1. The second-order valence-corrected chi connectivity index (χ2v) is 10.3. The van der Waals surface area contributed by atoms with E-state index >= 15 is 0 Å². The smallest absolute Gasteiger partial charge is 0.388 e. The molecule has 40 heavy (non-hydrogen) atoms. The van der Waals surface area contributed by atoms with Crippen LogP contribution in [0.5, 0.6) is 0 Å². The minimum atomic E-state index is -0.496. The molecule has 11 heteroatoms. The fourth-order valence-electron chi connectivity index (χ4n) is 4.63. The molecule has 2 amide bonds. The number of hydrogen-bond acceptors (Lipinski definition) is 8. The highest BCUT2D eigenvalue weighted by molar-refractivity contribution is 5.87. The van der Waals surface area contributed by atoms with Crippen molar-refractivity contribution in [2.75, 3.05) is 38.5 Å². The number of nitrogens with one attached hydrogen (secondary N) is 2. The Kier molecular flexibility index (Phi) is 9.38. The van der Waals surface area contributed by atoms with Crippen LogP contribution in [0.15, 0.2) is 51.7 Å². The highest BCUT2D eigenvalue weighted by Crippen LogP contribution is 2.24. The molecule has 0 spiro atoms. The van der Waals surface area contributed by atoms with Crippen LogP contribution < -0.4 is 16.4 Å². The van der Waals surface area contributed by atoms with Crippen LogP contribution in [0.1, 0.15) is 37.5 Å². The fourth-order valence-corrected chi connectivity index (χ4v) is 4.63. The normalized spacial score (nSPS) is 12.9. The van der Waals surface area contributed by atoms with Crippen molar-refractivity contribution < 1.29 is 14.0 Å². The van der Waals surface area contributed by atoms with Crippen LogP contribution in [-0.2, 0) is 29.2 Å². The number of fused-ring (bicyclic) bond motifs is 1. The number of aryl methyl sites for hydroxylation is 2. The van der Waals surface area contributed by atoms with Gasteiger partial charge >= 0.3 is 5.76 Å². The Morgan fingerprint density at radius 3 is 2.40 bits per heavy atom. The third-order valence-corrected chi connectivity index (χ3v) is 7.03. The van der Waals surface area contributed by atoms with Gasteiger partial charge in [-0.05, 0) is 48.7 Å². The molecular formula is C29H39N7O4. The van der Waals surface area contributed by atoms with Gasteiger partial charge in [0.2, 0.25) is 11.8 Å². The predicted molar refractivity (Wildman–Crippen MR) is 153 cm³/mol. The summed E-state index contributed by atoms with van der Waals surface area (Å²) in [7, 11) is 1.76. The van der Waals surface area contributed by atoms with Gasteiger partial charge in [0.15, 0.2) is 0 Å². The molecule has 0 atom stereocenters. The molecule has 0 saturated carbocycles. The second kappa shape index (κ2) is 12.9. The minimum Gasteiger partial charge on any atom is -0.388 e. The van der Waals surface area contributed by atoms with Crippen molar-refractivity contribution in [1.29, 1.82) is 0 Å². The summed E-state index contributed by atoms with van der Waals surface area (Å²) < 4.78 is 6.52. The van der Waals surface area contributed by atoms with Gasteiger partial charge < -0.3 is 20.0 Å². The van der Waals surface area contributed by atoms with Crippen LogP contribution in [0, 0.1) is 6.92 Å². The highest BCUT2D eigenvalue weighted by atomic mass is 16.4. The topological polar surface area (TPSA) is 116 Å².